The minimum atomic E-state index is -1.24. The molecule has 0 saturated carbocycles. The van der Waals surface area contributed by atoms with E-state index >= 15 is 0 Å². The van der Waals surface area contributed by atoms with E-state index in [1.165, 1.54) is 20.9 Å². The minimum Gasteiger partial charge on any atom is -0.460 e. The number of benzene rings is 2. The molecule has 55 heavy (non-hydrogen) atoms. The molecule has 4 N–H and O–H groups in total. The Hall–Kier alpha value is -4.56. The first-order chi connectivity index (χ1) is 25.5. The second kappa shape index (κ2) is 18.9. The molecule has 0 heterocycles. The van der Waals surface area contributed by atoms with Gasteiger partial charge in [-0.3, -0.25) is 19.3 Å². The van der Waals surface area contributed by atoms with Crippen molar-refractivity contribution < 1.29 is 43.3 Å². The topological polar surface area (TPSA) is 173 Å². The van der Waals surface area contributed by atoms with Crippen molar-refractivity contribution in [3.63, 3.8) is 0 Å². The largest absolute Gasteiger partial charge is 0.460 e. The molecule has 3 rings (SSSR count). The second-order valence-electron chi connectivity index (χ2n) is 16.3. The molecule has 302 valence electrons. The highest BCUT2D eigenvalue weighted by Crippen LogP contribution is 2.44. The number of aliphatic hydroxyl groups is 1. The number of nitrogens with one attached hydrogen (secondary N) is 3. The van der Waals surface area contributed by atoms with Gasteiger partial charge < -0.3 is 35.3 Å². The molecular formula is C41H58N4O9S. The van der Waals surface area contributed by atoms with Crippen molar-refractivity contribution >= 4 is 47.1 Å². The number of amides is 3. The van der Waals surface area contributed by atoms with Crippen LogP contribution in [0.3, 0.4) is 0 Å². The predicted octanol–water partition coefficient (Wildman–Crippen LogP) is 5.01. The number of likely N-dealkylation sites (N-methyl/N-ethyl adjacent to an activating group) is 1. The van der Waals surface area contributed by atoms with Crippen LogP contribution in [0, 0.1) is 5.92 Å². The smallest absolute Gasteiger partial charge is 0.410 e. The summed E-state index contributed by atoms with van der Waals surface area (Å²) in [5, 5.41) is 19.0. The van der Waals surface area contributed by atoms with Gasteiger partial charge in [-0.1, -0.05) is 74.6 Å². The van der Waals surface area contributed by atoms with Gasteiger partial charge in [0, 0.05) is 19.4 Å². The predicted molar refractivity (Wildman–Crippen MR) is 213 cm³/mol. The van der Waals surface area contributed by atoms with Gasteiger partial charge in [-0.25, -0.2) is 9.59 Å². The summed E-state index contributed by atoms with van der Waals surface area (Å²) in [5.74, 6) is -2.95. The van der Waals surface area contributed by atoms with Gasteiger partial charge in [0.25, 0.3) is 0 Å². The van der Waals surface area contributed by atoms with E-state index in [1.807, 2.05) is 48.5 Å². The van der Waals surface area contributed by atoms with Crippen molar-refractivity contribution in [3.05, 3.63) is 59.7 Å². The normalized spacial score (nSPS) is 15.3. The van der Waals surface area contributed by atoms with Gasteiger partial charge in [-0.15, -0.1) is 0 Å². The van der Waals surface area contributed by atoms with Gasteiger partial charge in [-0.05, 0) is 90.0 Å². The number of aliphatic hydroxyl groups excluding tert-OH is 1. The van der Waals surface area contributed by atoms with E-state index in [2.05, 4.69) is 16.0 Å². The molecule has 1 aliphatic carbocycles. The highest BCUT2D eigenvalue weighted by atomic mass is 32.1. The number of rotatable bonds is 15. The van der Waals surface area contributed by atoms with Crippen LogP contribution in [0.2, 0.25) is 0 Å². The number of hydrogen-bond acceptors (Lipinski definition) is 10. The van der Waals surface area contributed by atoms with Gasteiger partial charge in [-0.2, -0.15) is 0 Å². The summed E-state index contributed by atoms with van der Waals surface area (Å²) in [5.41, 5.74) is 2.63. The third kappa shape index (κ3) is 12.7. The summed E-state index contributed by atoms with van der Waals surface area (Å²) in [6, 6.07) is 11.4. The monoisotopic (exact) mass is 782 g/mol. The van der Waals surface area contributed by atoms with Crippen LogP contribution < -0.4 is 16.0 Å². The zero-order valence-corrected chi connectivity index (χ0v) is 34.7. The molecule has 13 nitrogen and oxygen atoms in total. The lowest BCUT2D eigenvalue weighted by atomic mass is 9.98. The summed E-state index contributed by atoms with van der Waals surface area (Å²) in [4.78, 5) is 67.4. The van der Waals surface area contributed by atoms with Gasteiger partial charge in [0.05, 0.1) is 6.10 Å². The van der Waals surface area contributed by atoms with Gasteiger partial charge in [0.15, 0.2) is 0 Å². The second-order valence-corrected chi connectivity index (χ2v) is 16.7. The minimum absolute atomic E-state index is 0.00740. The van der Waals surface area contributed by atoms with Gasteiger partial charge in [0.1, 0.15) is 47.0 Å². The molecule has 0 spiro atoms. The molecule has 0 bridgehead atoms. The zero-order chi connectivity index (χ0) is 41.4. The van der Waals surface area contributed by atoms with Crippen LogP contribution in [0.1, 0.15) is 99.1 Å². The van der Waals surface area contributed by atoms with E-state index in [0.717, 1.165) is 27.2 Å². The molecule has 2 aromatic rings. The van der Waals surface area contributed by atoms with Crippen molar-refractivity contribution in [2.75, 3.05) is 13.7 Å². The van der Waals surface area contributed by atoms with Crippen molar-refractivity contribution in [2.45, 2.75) is 129 Å². The Morgan fingerprint density at radius 2 is 1.29 bits per heavy atom. The van der Waals surface area contributed by atoms with Crippen LogP contribution in [0.25, 0.3) is 11.1 Å². The number of nitrogens with zero attached hydrogens (tertiary/aromatic N) is 1. The quantitative estimate of drug-likeness (QED) is 0.109. The van der Waals surface area contributed by atoms with Crippen LogP contribution in [0.15, 0.2) is 48.5 Å². The lowest BCUT2D eigenvalue weighted by Crippen LogP contribution is -2.59. The van der Waals surface area contributed by atoms with E-state index in [0.29, 0.717) is 0 Å². The number of fused-ring (bicyclic) bond motifs is 3. The number of carbonyl (C=O) groups excluding carboxylic acids is 5. The lowest BCUT2D eigenvalue weighted by Gasteiger charge is -2.31. The van der Waals surface area contributed by atoms with E-state index in [9.17, 15) is 29.1 Å². The maximum atomic E-state index is 14.0. The van der Waals surface area contributed by atoms with E-state index in [1.54, 1.807) is 55.4 Å². The van der Waals surface area contributed by atoms with E-state index in [4.69, 9.17) is 26.4 Å². The molecule has 0 saturated heterocycles. The van der Waals surface area contributed by atoms with Crippen LogP contribution in [-0.4, -0.2) is 100.0 Å². The number of carbonyl (C=O) groups is 5. The lowest BCUT2D eigenvalue weighted by molar-refractivity contribution is -0.160. The summed E-state index contributed by atoms with van der Waals surface area (Å²) < 4.78 is 16.7. The SMILES string of the molecule is CC(C)[C@H](NC(=O)[C@H](C)NC(=S)[C@@H](NC(=O)[C@H](CCC(=O)OC(C)(C)C)N(C)C(=O)OCC1c2ccccc2-c2ccccc21)[C@@H](C)O)C(=O)OC(C)(C)C. The number of thiocarbonyl (C=S) groups is 1. The molecule has 0 radical (unpaired) electrons. The van der Waals surface area contributed by atoms with Crippen LogP contribution in [-0.2, 0) is 33.4 Å². The third-order valence-corrected chi connectivity index (χ3v) is 9.25. The highest BCUT2D eigenvalue weighted by Gasteiger charge is 2.36. The fraction of sp³-hybridized carbons (Fsp3) is 0.561. The average molecular weight is 783 g/mol. The zero-order valence-electron chi connectivity index (χ0n) is 33.9. The molecule has 14 heteroatoms. The summed E-state index contributed by atoms with van der Waals surface area (Å²) in [6.07, 6.45) is -2.37. The van der Waals surface area contributed by atoms with Crippen LogP contribution >= 0.6 is 12.2 Å². The maximum absolute atomic E-state index is 14.0. The average Bonchev–Trinajstić information content (AvgIpc) is 3.39. The van der Waals surface area contributed by atoms with Crippen LogP contribution in [0.4, 0.5) is 4.79 Å². The van der Waals surface area contributed by atoms with E-state index < -0.39 is 71.3 Å². The first-order valence-corrected chi connectivity index (χ1v) is 19.0. The molecule has 0 aliphatic heterocycles. The van der Waals surface area contributed by atoms with Crippen molar-refractivity contribution in [2.24, 2.45) is 5.92 Å². The first kappa shape index (κ1) is 44.8. The summed E-state index contributed by atoms with van der Waals surface area (Å²) in [7, 11) is 1.40. The first-order valence-electron chi connectivity index (χ1n) is 18.6. The Kier molecular flexibility index (Phi) is 15.4. The Balaban J connectivity index is 1.76. The molecule has 0 unspecified atom stereocenters. The van der Waals surface area contributed by atoms with E-state index in [-0.39, 0.29) is 36.3 Å². The number of hydrogen-bond donors (Lipinski definition) is 4. The molecule has 3 amide bonds. The Labute approximate surface area is 330 Å². The highest BCUT2D eigenvalue weighted by molar-refractivity contribution is 7.80. The molecule has 0 aromatic heterocycles. The molecule has 0 fully saturated rings. The molecular weight excluding hydrogens is 725 g/mol. The van der Waals surface area contributed by atoms with Crippen molar-refractivity contribution in [1.82, 2.24) is 20.9 Å². The summed E-state index contributed by atoms with van der Waals surface area (Å²) in [6.45, 7) is 16.8. The Bertz CT molecular complexity index is 1670. The standard InChI is InChI=1S/C41H58N4O9S/c1-23(2)33(38(50)54-41(8,9)10)43-35(48)24(3)42-37(55)34(25(4)46)44-36(49)31(20-21-32(47)53-40(5,6)7)45(11)39(51)52-22-30-28-18-14-12-16-26(28)27-17-13-15-19-29(27)30/h12-19,23-25,30-31,33-34,46H,20-22H2,1-11H3,(H,42,55)(H,43,48)(H,44,49)/t24-,25+,31-,33-,34-/m0/s1. The van der Waals surface area contributed by atoms with Crippen molar-refractivity contribution in [1.29, 1.82) is 0 Å². The van der Waals surface area contributed by atoms with Gasteiger partial charge in [0.2, 0.25) is 11.8 Å². The Morgan fingerprint density at radius 1 is 0.782 bits per heavy atom. The fourth-order valence-electron chi connectivity index (χ4n) is 6.14. The van der Waals surface area contributed by atoms with Crippen molar-refractivity contribution in [3.8, 4) is 11.1 Å². The molecule has 5 atom stereocenters. The van der Waals surface area contributed by atoms with Gasteiger partial charge >= 0.3 is 18.0 Å². The summed E-state index contributed by atoms with van der Waals surface area (Å²) >= 11 is 5.55. The van der Waals surface area contributed by atoms with Crippen LogP contribution in [0.5, 0.6) is 0 Å². The third-order valence-electron chi connectivity index (χ3n) is 8.88. The molecule has 2 aromatic carbocycles. The number of ether oxygens (including phenoxy) is 3. The maximum Gasteiger partial charge on any atom is 0.410 e. The Morgan fingerprint density at radius 3 is 1.78 bits per heavy atom. The number of esters is 2. The molecule has 1 aliphatic rings. The fourth-order valence-corrected chi connectivity index (χ4v) is 6.57.